The standard InChI is InChI=1S/C12H7F2I/c13-10-4-1-8(2-5-10)9-3-6-12(15)11(14)7-9/h1-7H. The summed E-state index contributed by atoms with van der Waals surface area (Å²) in [4.78, 5) is 0. The van der Waals surface area contributed by atoms with Crippen molar-refractivity contribution in [3.63, 3.8) is 0 Å². The third-order valence-corrected chi connectivity index (χ3v) is 2.97. The molecule has 2 rings (SSSR count). The minimum Gasteiger partial charge on any atom is -0.207 e. The second-order valence-electron chi connectivity index (χ2n) is 3.14. The fraction of sp³-hybridized carbons (Fsp3) is 0. The molecule has 0 aliphatic heterocycles. The number of hydrogen-bond acceptors (Lipinski definition) is 0. The molecule has 0 fully saturated rings. The van der Waals surface area contributed by atoms with Crippen LogP contribution in [0.3, 0.4) is 0 Å². The van der Waals surface area contributed by atoms with Crippen molar-refractivity contribution in [3.05, 3.63) is 57.7 Å². The van der Waals surface area contributed by atoms with Gasteiger partial charge < -0.3 is 0 Å². The molecule has 0 bridgehead atoms. The van der Waals surface area contributed by atoms with E-state index in [1.807, 2.05) is 28.7 Å². The quantitative estimate of drug-likeness (QED) is 0.691. The molecule has 0 spiro atoms. The van der Waals surface area contributed by atoms with Crippen LogP contribution in [0.25, 0.3) is 11.1 Å². The maximum Gasteiger partial charge on any atom is 0.137 e. The highest BCUT2D eigenvalue weighted by atomic mass is 127. The predicted molar refractivity (Wildman–Crippen MR) is 64.5 cm³/mol. The van der Waals surface area contributed by atoms with Crippen LogP contribution in [0.4, 0.5) is 8.78 Å². The largest absolute Gasteiger partial charge is 0.207 e. The lowest BCUT2D eigenvalue weighted by Gasteiger charge is -2.02. The van der Waals surface area contributed by atoms with E-state index in [0.717, 1.165) is 11.1 Å². The summed E-state index contributed by atoms with van der Waals surface area (Å²) in [6.45, 7) is 0. The van der Waals surface area contributed by atoms with E-state index in [9.17, 15) is 8.78 Å². The van der Waals surface area contributed by atoms with Crippen molar-refractivity contribution >= 4 is 22.6 Å². The summed E-state index contributed by atoms with van der Waals surface area (Å²) in [6.07, 6.45) is 0. The van der Waals surface area contributed by atoms with E-state index in [-0.39, 0.29) is 11.6 Å². The lowest BCUT2D eigenvalue weighted by Crippen LogP contribution is -1.84. The Balaban J connectivity index is 2.45. The first-order valence-corrected chi connectivity index (χ1v) is 5.46. The van der Waals surface area contributed by atoms with Crippen LogP contribution >= 0.6 is 22.6 Å². The van der Waals surface area contributed by atoms with Gasteiger partial charge in [-0.1, -0.05) is 18.2 Å². The second kappa shape index (κ2) is 4.26. The zero-order valence-corrected chi connectivity index (χ0v) is 9.83. The Hall–Kier alpha value is -0.970. The number of rotatable bonds is 1. The van der Waals surface area contributed by atoms with E-state index in [1.165, 1.54) is 18.2 Å². The lowest BCUT2D eigenvalue weighted by molar-refractivity contribution is 0.621. The summed E-state index contributed by atoms with van der Waals surface area (Å²) in [5.74, 6) is -0.540. The average Bonchev–Trinajstić information content (AvgIpc) is 2.23. The molecule has 0 aliphatic carbocycles. The van der Waals surface area contributed by atoms with Gasteiger partial charge in [0.2, 0.25) is 0 Å². The van der Waals surface area contributed by atoms with E-state index in [0.29, 0.717) is 3.57 Å². The summed E-state index contributed by atoms with van der Waals surface area (Å²) < 4.78 is 26.5. The van der Waals surface area contributed by atoms with E-state index < -0.39 is 0 Å². The average molecular weight is 316 g/mol. The van der Waals surface area contributed by atoms with Gasteiger partial charge >= 0.3 is 0 Å². The Bertz CT molecular complexity index is 477. The Morgan fingerprint density at radius 3 is 2.00 bits per heavy atom. The van der Waals surface area contributed by atoms with Crippen molar-refractivity contribution in [2.75, 3.05) is 0 Å². The van der Waals surface area contributed by atoms with Crippen molar-refractivity contribution in [1.29, 1.82) is 0 Å². The van der Waals surface area contributed by atoms with Crippen molar-refractivity contribution in [1.82, 2.24) is 0 Å². The SMILES string of the molecule is Fc1ccc(-c2ccc(I)c(F)c2)cc1. The van der Waals surface area contributed by atoms with Crippen LogP contribution in [-0.4, -0.2) is 0 Å². The highest BCUT2D eigenvalue weighted by Crippen LogP contribution is 2.22. The first-order chi connectivity index (χ1) is 7.16. The van der Waals surface area contributed by atoms with Gasteiger partial charge in [-0.3, -0.25) is 0 Å². The van der Waals surface area contributed by atoms with Crippen LogP contribution in [0.2, 0.25) is 0 Å². The molecule has 0 heterocycles. The lowest BCUT2D eigenvalue weighted by atomic mass is 10.1. The Labute approximate surface area is 100 Å². The van der Waals surface area contributed by atoms with Gasteiger partial charge in [0.1, 0.15) is 11.6 Å². The van der Waals surface area contributed by atoms with Crippen LogP contribution in [0, 0.1) is 15.2 Å². The topological polar surface area (TPSA) is 0 Å². The van der Waals surface area contributed by atoms with Gasteiger partial charge in [0.25, 0.3) is 0 Å². The first kappa shape index (κ1) is 10.5. The van der Waals surface area contributed by atoms with Gasteiger partial charge in [-0.25, -0.2) is 8.78 Å². The Morgan fingerprint density at radius 2 is 1.40 bits per heavy atom. The molecule has 0 nitrogen and oxygen atoms in total. The van der Waals surface area contributed by atoms with Crippen LogP contribution < -0.4 is 0 Å². The molecule has 2 aromatic rings. The van der Waals surface area contributed by atoms with Crippen molar-refractivity contribution in [2.24, 2.45) is 0 Å². The number of benzene rings is 2. The molecule has 0 aliphatic rings. The second-order valence-corrected chi connectivity index (χ2v) is 4.30. The van der Waals surface area contributed by atoms with Gasteiger partial charge in [-0.2, -0.15) is 0 Å². The van der Waals surface area contributed by atoms with Gasteiger partial charge in [0.05, 0.1) is 0 Å². The predicted octanol–water partition coefficient (Wildman–Crippen LogP) is 4.24. The minimum atomic E-state index is -0.287. The molecule has 0 aromatic heterocycles. The van der Waals surface area contributed by atoms with E-state index in [1.54, 1.807) is 18.2 Å². The van der Waals surface area contributed by atoms with Crippen LogP contribution in [0.15, 0.2) is 42.5 Å². The first-order valence-electron chi connectivity index (χ1n) is 4.38. The van der Waals surface area contributed by atoms with Gasteiger partial charge in [-0.05, 0) is 58.0 Å². The minimum absolute atomic E-state index is 0.252. The molecule has 0 saturated carbocycles. The number of halogens is 3. The molecule has 76 valence electrons. The monoisotopic (exact) mass is 316 g/mol. The fourth-order valence-corrected chi connectivity index (χ4v) is 1.65. The van der Waals surface area contributed by atoms with E-state index >= 15 is 0 Å². The summed E-state index contributed by atoms with van der Waals surface area (Å²) in [5.41, 5.74) is 1.57. The summed E-state index contributed by atoms with van der Waals surface area (Å²) in [5, 5.41) is 0. The van der Waals surface area contributed by atoms with Crippen LogP contribution in [-0.2, 0) is 0 Å². The highest BCUT2D eigenvalue weighted by Gasteiger charge is 2.02. The highest BCUT2D eigenvalue weighted by molar-refractivity contribution is 14.1. The van der Waals surface area contributed by atoms with E-state index in [4.69, 9.17) is 0 Å². The summed E-state index contributed by atoms with van der Waals surface area (Å²) in [6, 6.07) is 11.0. The van der Waals surface area contributed by atoms with Gasteiger partial charge in [-0.15, -0.1) is 0 Å². The number of hydrogen-bond donors (Lipinski definition) is 0. The molecular formula is C12H7F2I. The van der Waals surface area contributed by atoms with Crippen molar-refractivity contribution < 1.29 is 8.78 Å². The molecule has 3 heteroatoms. The Kier molecular flexibility index (Phi) is 3.00. The molecule has 0 atom stereocenters. The Morgan fingerprint density at radius 1 is 0.800 bits per heavy atom. The van der Waals surface area contributed by atoms with Crippen molar-refractivity contribution in [3.8, 4) is 11.1 Å². The van der Waals surface area contributed by atoms with Crippen LogP contribution in [0.1, 0.15) is 0 Å². The van der Waals surface area contributed by atoms with E-state index in [2.05, 4.69) is 0 Å². The fourth-order valence-electron chi connectivity index (χ4n) is 1.32. The maximum atomic E-state index is 13.3. The zero-order chi connectivity index (χ0) is 10.8. The normalized spacial score (nSPS) is 10.3. The molecule has 0 amide bonds. The van der Waals surface area contributed by atoms with Gasteiger partial charge in [0.15, 0.2) is 0 Å². The van der Waals surface area contributed by atoms with Crippen LogP contribution in [0.5, 0.6) is 0 Å². The maximum absolute atomic E-state index is 13.3. The smallest absolute Gasteiger partial charge is 0.137 e. The third-order valence-electron chi connectivity index (χ3n) is 2.10. The summed E-state index contributed by atoms with van der Waals surface area (Å²) >= 11 is 1.93. The molecule has 2 aromatic carbocycles. The molecule has 0 radical (unpaired) electrons. The molecular weight excluding hydrogens is 309 g/mol. The van der Waals surface area contributed by atoms with Gasteiger partial charge in [0, 0.05) is 3.57 Å². The molecule has 0 saturated heterocycles. The molecule has 0 unspecified atom stereocenters. The molecule has 15 heavy (non-hydrogen) atoms. The molecule has 0 N–H and O–H groups in total. The summed E-state index contributed by atoms with van der Waals surface area (Å²) in [7, 11) is 0. The third kappa shape index (κ3) is 2.34. The zero-order valence-electron chi connectivity index (χ0n) is 7.68. The van der Waals surface area contributed by atoms with Crippen molar-refractivity contribution in [2.45, 2.75) is 0 Å².